The molecule has 0 bridgehead atoms. The molecule has 1 aliphatic rings. The topological polar surface area (TPSA) is 38.8 Å². The van der Waals surface area contributed by atoms with Gasteiger partial charge in [-0.1, -0.05) is 0 Å². The molecule has 0 N–H and O–H groups in total. The van der Waals surface area contributed by atoms with E-state index in [-0.39, 0.29) is 12.2 Å². The van der Waals surface area contributed by atoms with E-state index in [1.54, 1.807) is 13.2 Å². The number of rotatable bonds is 4. The van der Waals surface area contributed by atoms with Gasteiger partial charge < -0.3 is 9.47 Å². The summed E-state index contributed by atoms with van der Waals surface area (Å²) >= 11 is 0. The zero-order chi connectivity index (χ0) is 13.8. The molecule has 0 aromatic heterocycles. The van der Waals surface area contributed by atoms with Gasteiger partial charge in [-0.3, -0.25) is 9.69 Å². The van der Waals surface area contributed by atoms with E-state index in [2.05, 4.69) is 18.7 Å². The van der Waals surface area contributed by atoms with Gasteiger partial charge in [0.25, 0.3) is 0 Å². The number of carbonyl (C=O) groups excluding carboxylic acids is 1. The molecule has 0 saturated carbocycles. The lowest BCUT2D eigenvalue weighted by Gasteiger charge is -2.35. The molecule has 104 valence electrons. The van der Waals surface area contributed by atoms with Crippen LogP contribution in [0.25, 0.3) is 0 Å². The number of methoxy groups -OCH3 is 1. The number of benzene rings is 1. The fraction of sp³-hybridized carbons (Fsp3) is 0.533. The molecule has 2 rings (SSSR count). The second-order valence-corrected chi connectivity index (χ2v) is 5.14. The highest BCUT2D eigenvalue weighted by Crippen LogP contribution is 2.23. The van der Waals surface area contributed by atoms with Crippen LogP contribution in [0.1, 0.15) is 29.8 Å². The van der Waals surface area contributed by atoms with Gasteiger partial charge >= 0.3 is 0 Å². The number of carbonyl (C=O) groups is 1. The van der Waals surface area contributed by atoms with Crippen LogP contribution in [0, 0.1) is 0 Å². The van der Waals surface area contributed by atoms with E-state index in [4.69, 9.17) is 9.47 Å². The van der Waals surface area contributed by atoms with Crippen LogP contribution < -0.4 is 4.74 Å². The van der Waals surface area contributed by atoms with E-state index in [1.807, 2.05) is 12.1 Å². The third-order valence-corrected chi connectivity index (χ3v) is 3.33. The number of hydrogen-bond acceptors (Lipinski definition) is 4. The normalized spacial score (nSPS) is 24.2. The molecule has 4 nitrogen and oxygen atoms in total. The number of ether oxygens (including phenoxy) is 2. The molecule has 2 atom stereocenters. The first-order valence-electron chi connectivity index (χ1n) is 6.62. The third-order valence-electron chi connectivity index (χ3n) is 3.33. The molecular weight excluding hydrogens is 242 g/mol. The lowest BCUT2D eigenvalue weighted by Crippen LogP contribution is -2.44. The average molecular weight is 263 g/mol. The number of nitrogens with zero attached hydrogens (tertiary/aromatic N) is 1. The smallest absolute Gasteiger partial charge is 0.150 e. The second kappa shape index (κ2) is 6.17. The van der Waals surface area contributed by atoms with Crippen LogP contribution in [-0.4, -0.2) is 43.6 Å². The van der Waals surface area contributed by atoms with Crippen molar-refractivity contribution in [3.05, 3.63) is 29.3 Å². The predicted octanol–water partition coefficient (Wildman–Crippen LogP) is 2.12. The van der Waals surface area contributed by atoms with Gasteiger partial charge in [0.2, 0.25) is 0 Å². The van der Waals surface area contributed by atoms with Crippen LogP contribution in [0.15, 0.2) is 18.2 Å². The van der Waals surface area contributed by atoms with Crippen LogP contribution in [0.5, 0.6) is 5.75 Å². The summed E-state index contributed by atoms with van der Waals surface area (Å²) in [5.41, 5.74) is 1.73. The lowest BCUT2D eigenvalue weighted by molar-refractivity contribution is -0.0706. The summed E-state index contributed by atoms with van der Waals surface area (Å²) < 4.78 is 11.1. The Morgan fingerprint density at radius 1 is 1.37 bits per heavy atom. The van der Waals surface area contributed by atoms with E-state index >= 15 is 0 Å². The summed E-state index contributed by atoms with van der Waals surface area (Å²) in [6.07, 6.45) is 1.35. The highest BCUT2D eigenvalue weighted by atomic mass is 16.5. The molecular formula is C15H21NO3. The Labute approximate surface area is 114 Å². The quantitative estimate of drug-likeness (QED) is 0.780. The fourth-order valence-corrected chi connectivity index (χ4v) is 2.65. The van der Waals surface area contributed by atoms with Crippen LogP contribution in [0.3, 0.4) is 0 Å². The van der Waals surface area contributed by atoms with Crippen LogP contribution in [0.4, 0.5) is 0 Å². The molecule has 0 amide bonds. The monoisotopic (exact) mass is 263 g/mol. The van der Waals surface area contributed by atoms with Crippen LogP contribution >= 0.6 is 0 Å². The Bertz CT molecular complexity index is 437. The van der Waals surface area contributed by atoms with E-state index in [0.29, 0.717) is 5.56 Å². The Balaban J connectivity index is 2.14. The summed E-state index contributed by atoms with van der Waals surface area (Å²) in [5, 5.41) is 0. The standard InChI is InChI=1S/C15H21NO3/c1-11-7-16(8-12(2)19-11)9-14-6-13(10-17)4-5-15(14)18-3/h4-6,10-12H,7-9H2,1-3H3/t11-,12+. The van der Waals surface area contributed by atoms with E-state index in [9.17, 15) is 4.79 Å². The SMILES string of the molecule is COc1ccc(C=O)cc1CN1C[C@@H](C)O[C@@H](C)C1. The van der Waals surface area contributed by atoms with Gasteiger partial charge in [0.1, 0.15) is 12.0 Å². The molecule has 0 spiro atoms. The molecule has 1 heterocycles. The van der Waals surface area contributed by atoms with Crippen molar-refractivity contribution < 1.29 is 14.3 Å². The molecule has 1 fully saturated rings. The Hall–Kier alpha value is -1.39. The van der Waals surface area contributed by atoms with Gasteiger partial charge in [0.15, 0.2) is 0 Å². The summed E-state index contributed by atoms with van der Waals surface area (Å²) in [4.78, 5) is 13.2. The maximum absolute atomic E-state index is 10.9. The van der Waals surface area contributed by atoms with Gasteiger partial charge in [0.05, 0.1) is 19.3 Å². The highest BCUT2D eigenvalue weighted by molar-refractivity contribution is 5.75. The van der Waals surface area contributed by atoms with Crippen molar-refractivity contribution in [2.75, 3.05) is 20.2 Å². The molecule has 0 radical (unpaired) electrons. The number of aldehydes is 1. The molecule has 1 aromatic carbocycles. The zero-order valence-corrected chi connectivity index (χ0v) is 11.8. The first-order valence-corrected chi connectivity index (χ1v) is 6.62. The van der Waals surface area contributed by atoms with E-state index < -0.39 is 0 Å². The van der Waals surface area contributed by atoms with Crippen molar-refractivity contribution in [2.24, 2.45) is 0 Å². The molecule has 1 saturated heterocycles. The molecule has 4 heteroatoms. The van der Waals surface area contributed by atoms with Gasteiger partial charge in [-0.25, -0.2) is 0 Å². The van der Waals surface area contributed by atoms with E-state index in [0.717, 1.165) is 37.2 Å². The molecule has 0 aliphatic carbocycles. The second-order valence-electron chi connectivity index (χ2n) is 5.14. The van der Waals surface area contributed by atoms with Crippen LogP contribution in [0.2, 0.25) is 0 Å². The largest absolute Gasteiger partial charge is 0.496 e. The minimum atomic E-state index is 0.240. The minimum absolute atomic E-state index is 0.240. The first-order chi connectivity index (χ1) is 9.12. The molecule has 0 unspecified atom stereocenters. The molecule has 1 aromatic rings. The molecule has 1 aliphatic heterocycles. The van der Waals surface area contributed by atoms with Crippen molar-refractivity contribution in [3.8, 4) is 5.75 Å². The van der Waals surface area contributed by atoms with Gasteiger partial charge in [-0.15, -0.1) is 0 Å². The van der Waals surface area contributed by atoms with Crippen molar-refractivity contribution in [2.45, 2.75) is 32.6 Å². The summed E-state index contributed by atoms with van der Waals surface area (Å²) in [6.45, 7) is 6.75. The van der Waals surface area contributed by atoms with Gasteiger partial charge in [0, 0.05) is 30.8 Å². The van der Waals surface area contributed by atoms with E-state index in [1.165, 1.54) is 0 Å². The fourth-order valence-electron chi connectivity index (χ4n) is 2.65. The summed E-state index contributed by atoms with van der Waals surface area (Å²) in [6, 6.07) is 5.53. The Morgan fingerprint density at radius 3 is 2.63 bits per heavy atom. The molecule has 19 heavy (non-hydrogen) atoms. The maximum Gasteiger partial charge on any atom is 0.150 e. The van der Waals surface area contributed by atoms with Crippen molar-refractivity contribution in [1.82, 2.24) is 4.90 Å². The number of hydrogen-bond donors (Lipinski definition) is 0. The van der Waals surface area contributed by atoms with Crippen molar-refractivity contribution >= 4 is 6.29 Å². The average Bonchev–Trinajstić information content (AvgIpc) is 2.37. The first kappa shape index (κ1) is 14.0. The van der Waals surface area contributed by atoms with Crippen molar-refractivity contribution in [3.63, 3.8) is 0 Å². The Kier molecular flexibility index (Phi) is 4.56. The summed E-state index contributed by atoms with van der Waals surface area (Å²) in [5.74, 6) is 0.831. The maximum atomic E-state index is 10.9. The highest BCUT2D eigenvalue weighted by Gasteiger charge is 2.22. The predicted molar refractivity (Wildman–Crippen MR) is 73.7 cm³/mol. The Morgan fingerprint density at radius 2 is 2.05 bits per heavy atom. The van der Waals surface area contributed by atoms with Gasteiger partial charge in [-0.05, 0) is 32.0 Å². The van der Waals surface area contributed by atoms with Crippen molar-refractivity contribution in [1.29, 1.82) is 0 Å². The lowest BCUT2D eigenvalue weighted by atomic mass is 10.1. The van der Waals surface area contributed by atoms with Crippen LogP contribution in [-0.2, 0) is 11.3 Å². The third kappa shape index (κ3) is 3.55. The summed E-state index contributed by atoms with van der Waals surface area (Å²) in [7, 11) is 1.66. The minimum Gasteiger partial charge on any atom is -0.496 e. The van der Waals surface area contributed by atoms with Gasteiger partial charge in [-0.2, -0.15) is 0 Å². The zero-order valence-electron chi connectivity index (χ0n) is 11.8. The number of morpholine rings is 1.